The van der Waals surface area contributed by atoms with Crippen LogP contribution in [-0.4, -0.2) is 0 Å². The van der Waals surface area contributed by atoms with E-state index in [1.54, 1.807) is 0 Å². The quantitative estimate of drug-likeness (QED) is 0.658. The van der Waals surface area contributed by atoms with Gasteiger partial charge in [-0.2, -0.15) is 0 Å². The highest BCUT2D eigenvalue weighted by molar-refractivity contribution is 9.09. The molecule has 1 aliphatic carbocycles. The largest absolute Gasteiger partial charge is 0.0835 e. The summed E-state index contributed by atoms with van der Waals surface area (Å²) in [7, 11) is 0. The van der Waals surface area contributed by atoms with E-state index in [-0.39, 0.29) is 0 Å². The Hall–Kier alpha value is -0.300. The van der Waals surface area contributed by atoms with E-state index < -0.39 is 0 Å². The molecule has 1 fully saturated rings. The summed E-state index contributed by atoms with van der Waals surface area (Å²) in [5.74, 6) is 0.725. The second-order valence-electron chi connectivity index (χ2n) is 6.42. The van der Waals surface area contributed by atoms with Gasteiger partial charge in [0, 0.05) is 4.83 Å². The fourth-order valence-corrected chi connectivity index (χ4v) is 4.74. The molecule has 0 nitrogen and oxygen atoms in total. The Kier molecular flexibility index (Phi) is 3.18. The number of rotatable bonds is 3. The van der Waals surface area contributed by atoms with Crippen molar-refractivity contribution in [3.05, 3.63) is 35.4 Å². The van der Waals surface area contributed by atoms with Crippen LogP contribution in [0.4, 0.5) is 0 Å². The highest BCUT2D eigenvalue weighted by Gasteiger charge is 2.66. The molecular formula is C16H23Br. The van der Waals surface area contributed by atoms with Crippen molar-refractivity contribution in [2.24, 2.45) is 16.7 Å². The first-order chi connectivity index (χ1) is 7.82. The summed E-state index contributed by atoms with van der Waals surface area (Å²) in [5, 5.41) is 0. The Morgan fingerprint density at radius 1 is 1.06 bits per heavy atom. The van der Waals surface area contributed by atoms with Crippen molar-refractivity contribution in [2.45, 2.75) is 45.9 Å². The van der Waals surface area contributed by atoms with Crippen molar-refractivity contribution in [1.29, 1.82) is 0 Å². The summed E-state index contributed by atoms with van der Waals surface area (Å²) in [5.41, 5.74) is 3.71. The summed E-state index contributed by atoms with van der Waals surface area (Å²) in [4.78, 5) is 0.485. The molecule has 94 valence electrons. The molecule has 0 heterocycles. The molecule has 0 saturated heterocycles. The maximum atomic E-state index is 3.91. The topological polar surface area (TPSA) is 0 Å². The molecule has 1 saturated carbocycles. The summed E-state index contributed by atoms with van der Waals surface area (Å²) >= 11 is 3.91. The predicted octanol–water partition coefficient (Wildman–Crippen LogP) is 5.37. The van der Waals surface area contributed by atoms with Crippen LogP contribution in [0.2, 0.25) is 0 Å². The van der Waals surface area contributed by atoms with Gasteiger partial charge in [-0.05, 0) is 34.3 Å². The molecule has 0 amide bonds. The molecular weight excluding hydrogens is 272 g/mol. The molecule has 1 unspecified atom stereocenters. The SMILES string of the molecule is CCc1ccc(C(Br)C2C(C)(C)C2(C)C)cc1. The highest BCUT2D eigenvalue weighted by Crippen LogP contribution is 2.73. The van der Waals surface area contributed by atoms with Gasteiger partial charge in [-0.15, -0.1) is 0 Å². The molecule has 0 spiro atoms. The number of benzene rings is 1. The summed E-state index contributed by atoms with van der Waals surface area (Å²) in [6, 6.07) is 9.07. The predicted molar refractivity (Wildman–Crippen MR) is 78.5 cm³/mol. The average Bonchev–Trinajstić information content (AvgIpc) is 2.69. The molecule has 1 aromatic carbocycles. The van der Waals surface area contributed by atoms with E-state index in [1.165, 1.54) is 11.1 Å². The second-order valence-corrected chi connectivity index (χ2v) is 7.40. The Labute approximate surface area is 114 Å². The standard InChI is InChI=1S/C16H23Br/c1-6-11-7-9-12(10-8-11)13(17)14-15(2,3)16(14,4)5/h7-10,13-14H,6H2,1-5H3. The number of alkyl halides is 1. The summed E-state index contributed by atoms with van der Waals surface area (Å²) in [6.45, 7) is 11.7. The molecule has 2 rings (SSSR count). The lowest BCUT2D eigenvalue weighted by Gasteiger charge is -2.13. The molecule has 1 heteroatoms. The average molecular weight is 295 g/mol. The first-order valence-corrected chi connectivity index (χ1v) is 7.47. The van der Waals surface area contributed by atoms with E-state index in [0.29, 0.717) is 15.7 Å². The maximum Gasteiger partial charge on any atom is 0.0434 e. The van der Waals surface area contributed by atoms with Crippen LogP contribution in [0, 0.1) is 16.7 Å². The number of aryl methyl sites for hydroxylation is 1. The monoisotopic (exact) mass is 294 g/mol. The molecule has 17 heavy (non-hydrogen) atoms. The van der Waals surface area contributed by atoms with E-state index in [9.17, 15) is 0 Å². The van der Waals surface area contributed by atoms with Gasteiger partial charge in [0.25, 0.3) is 0 Å². The lowest BCUT2D eigenvalue weighted by atomic mass is 10.0. The Bertz CT molecular complexity index is 386. The lowest BCUT2D eigenvalue weighted by Crippen LogP contribution is -1.99. The second kappa shape index (κ2) is 4.12. The van der Waals surface area contributed by atoms with Crippen molar-refractivity contribution < 1.29 is 0 Å². The van der Waals surface area contributed by atoms with Gasteiger partial charge in [-0.1, -0.05) is 74.8 Å². The lowest BCUT2D eigenvalue weighted by molar-refractivity contribution is 0.457. The third-order valence-corrected chi connectivity index (χ3v) is 6.19. The van der Waals surface area contributed by atoms with Crippen LogP contribution in [0.1, 0.15) is 50.6 Å². The van der Waals surface area contributed by atoms with Crippen molar-refractivity contribution in [2.75, 3.05) is 0 Å². The zero-order valence-corrected chi connectivity index (χ0v) is 13.1. The first-order valence-electron chi connectivity index (χ1n) is 6.55. The van der Waals surface area contributed by atoms with Gasteiger partial charge < -0.3 is 0 Å². The normalized spacial score (nSPS) is 23.4. The van der Waals surface area contributed by atoms with Crippen molar-refractivity contribution in [3.8, 4) is 0 Å². The molecule has 0 N–H and O–H groups in total. The van der Waals surface area contributed by atoms with E-state index in [0.717, 1.165) is 12.3 Å². The number of hydrogen-bond donors (Lipinski definition) is 0. The fourth-order valence-electron chi connectivity index (χ4n) is 3.11. The van der Waals surface area contributed by atoms with E-state index in [1.807, 2.05) is 0 Å². The van der Waals surface area contributed by atoms with Crippen molar-refractivity contribution in [1.82, 2.24) is 0 Å². The van der Waals surface area contributed by atoms with Crippen LogP contribution in [-0.2, 0) is 6.42 Å². The number of hydrogen-bond acceptors (Lipinski definition) is 0. The smallest absolute Gasteiger partial charge is 0.0434 e. The van der Waals surface area contributed by atoms with Gasteiger partial charge in [-0.25, -0.2) is 0 Å². The van der Waals surface area contributed by atoms with E-state index in [4.69, 9.17) is 0 Å². The van der Waals surface area contributed by atoms with Gasteiger partial charge >= 0.3 is 0 Å². The molecule has 0 radical (unpaired) electrons. The molecule has 1 atom stereocenters. The van der Waals surface area contributed by atoms with Gasteiger partial charge in [0.15, 0.2) is 0 Å². The zero-order chi connectivity index (χ0) is 12.8. The fraction of sp³-hybridized carbons (Fsp3) is 0.625. The summed E-state index contributed by atoms with van der Waals surface area (Å²) in [6.07, 6.45) is 1.12. The van der Waals surface area contributed by atoms with Crippen LogP contribution in [0.3, 0.4) is 0 Å². The third kappa shape index (κ3) is 1.97. The minimum absolute atomic E-state index is 0.435. The molecule has 0 aromatic heterocycles. The Morgan fingerprint density at radius 2 is 1.53 bits per heavy atom. The minimum atomic E-state index is 0.435. The molecule has 0 bridgehead atoms. The summed E-state index contributed by atoms with van der Waals surface area (Å²) < 4.78 is 0. The molecule has 1 aliphatic rings. The van der Waals surface area contributed by atoms with Gasteiger partial charge in [0.05, 0.1) is 0 Å². The van der Waals surface area contributed by atoms with Crippen molar-refractivity contribution >= 4 is 15.9 Å². The number of halogens is 1. The Morgan fingerprint density at radius 3 is 1.88 bits per heavy atom. The van der Waals surface area contributed by atoms with Gasteiger partial charge in [0.2, 0.25) is 0 Å². The third-order valence-electron chi connectivity index (χ3n) is 5.13. The van der Waals surface area contributed by atoms with Gasteiger partial charge in [-0.3, -0.25) is 0 Å². The minimum Gasteiger partial charge on any atom is -0.0835 e. The Balaban J connectivity index is 2.19. The molecule has 1 aromatic rings. The zero-order valence-electron chi connectivity index (χ0n) is 11.5. The van der Waals surface area contributed by atoms with E-state index in [2.05, 4.69) is 74.8 Å². The van der Waals surface area contributed by atoms with Crippen LogP contribution >= 0.6 is 15.9 Å². The highest BCUT2D eigenvalue weighted by atomic mass is 79.9. The first kappa shape index (κ1) is 13.1. The van der Waals surface area contributed by atoms with E-state index >= 15 is 0 Å². The van der Waals surface area contributed by atoms with Crippen LogP contribution in [0.15, 0.2) is 24.3 Å². The molecule has 0 aliphatic heterocycles. The van der Waals surface area contributed by atoms with Crippen molar-refractivity contribution in [3.63, 3.8) is 0 Å². The maximum absolute atomic E-state index is 3.91. The van der Waals surface area contributed by atoms with Gasteiger partial charge in [0.1, 0.15) is 0 Å². The van der Waals surface area contributed by atoms with Crippen LogP contribution in [0.5, 0.6) is 0 Å². The van der Waals surface area contributed by atoms with Crippen LogP contribution < -0.4 is 0 Å². The van der Waals surface area contributed by atoms with Crippen LogP contribution in [0.25, 0.3) is 0 Å².